The van der Waals surface area contributed by atoms with Gasteiger partial charge in [0.1, 0.15) is 5.00 Å². The molecular formula is C22H27N3O4S. The average Bonchev–Trinajstić information content (AvgIpc) is 3.10. The molecule has 3 rings (SSSR count). The molecule has 2 N–H and O–H groups in total. The van der Waals surface area contributed by atoms with Crippen LogP contribution >= 0.6 is 11.3 Å². The van der Waals surface area contributed by atoms with Crippen molar-refractivity contribution in [1.29, 1.82) is 0 Å². The summed E-state index contributed by atoms with van der Waals surface area (Å²) in [7, 11) is 0. The van der Waals surface area contributed by atoms with Crippen LogP contribution in [0.5, 0.6) is 0 Å². The van der Waals surface area contributed by atoms with Crippen LogP contribution < -0.4 is 10.6 Å². The van der Waals surface area contributed by atoms with Gasteiger partial charge in [0.05, 0.1) is 11.1 Å². The molecule has 1 aliphatic carbocycles. The van der Waals surface area contributed by atoms with E-state index in [1.807, 2.05) is 20.8 Å². The molecule has 0 saturated carbocycles. The van der Waals surface area contributed by atoms with Crippen LogP contribution in [0.1, 0.15) is 64.8 Å². The molecule has 2 heterocycles. The van der Waals surface area contributed by atoms with E-state index in [-0.39, 0.29) is 30.4 Å². The molecule has 8 heteroatoms. The third-order valence-electron chi connectivity index (χ3n) is 5.25. The Morgan fingerprint density at radius 2 is 1.97 bits per heavy atom. The Balaban J connectivity index is 1.75. The molecule has 2 aromatic heterocycles. The van der Waals surface area contributed by atoms with Crippen LogP contribution in [0.3, 0.4) is 0 Å². The van der Waals surface area contributed by atoms with E-state index in [1.54, 1.807) is 18.3 Å². The van der Waals surface area contributed by atoms with Crippen LogP contribution in [-0.2, 0) is 22.4 Å². The van der Waals surface area contributed by atoms with Crippen LogP contribution in [0, 0.1) is 5.92 Å². The molecule has 0 radical (unpaired) electrons. The molecule has 160 valence electrons. The molecule has 30 heavy (non-hydrogen) atoms. The predicted octanol–water partition coefficient (Wildman–Crippen LogP) is 3.59. The zero-order valence-electron chi connectivity index (χ0n) is 17.5. The Kier molecular flexibility index (Phi) is 7.20. The van der Waals surface area contributed by atoms with Crippen molar-refractivity contribution in [3.8, 4) is 0 Å². The van der Waals surface area contributed by atoms with Gasteiger partial charge in [-0.3, -0.25) is 14.6 Å². The minimum absolute atomic E-state index is 0.0144. The van der Waals surface area contributed by atoms with E-state index in [1.165, 1.54) is 17.5 Å². The highest BCUT2D eigenvalue weighted by Gasteiger charge is 2.28. The van der Waals surface area contributed by atoms with Crippen LogP contribution in [0.25, 0.3) is 0 Å². The number of pyridine rings is 1. The first-order valence-electron chi connectivity index (χ1n) is 10.2. The lowest BCUT2D eigenvalue weighted by atomic mass is 9.95. The second-order valence-electron chi connectivity index (χ2n) is 7.79. The summed E-state index contributed by atoms with van der Waals surface area (Å²) in [4.78, 5) is 42.6. The molecule has 0 fully saturated rings. The van der Waals surface area contributed by atoms with Crippen LogP contribution in [0.2, 0.25) is 0 Å². The first-order chi connectivity index (χ1) is 14.4. The number of nitrogens with one attached hydrogen (secondary N) is 2. The van der Waals surface area contributed by atoms with E-state index in [9.17, 15) is 14.4 Å². The highest BCUT2D eigenvalue weighted by Crippen LogP contribution is 2.38. The van der Waals surface area contributed by atoms with E-state index < -0.39 is 5.97 Å². The number of hydrogen-bond acceptors (Lipinski definition) is 6. The fraction of sp³-hybridized carbons (Fsp3) is 0.455. The number of ether oxygens (including phenoxy) is 1. The molecular weight excluding hydrogens is 402 g/mol. The van der Waals surface area contributed by atoms with Crippen molar-refractivity contribution >= 4 is 34.1 Å². The van der Waals surface area contributed by atoms with Crippen molar-refractivity contribution in [3.63, 3.8) is 0 Å². The molecule has 0 aliphatic heterocycles. The van der Waals surface area contributed by atoms with Crippen molar-refractivity contribution in [2.75, 3.05) is 11.9 Å². The number of fused-ring (bicyclic) bond motifs is 1. The van der Waals surface area contributed by atoms with E-state index in [2.05, 4.69) is 15.6 Å². The van der Waals surface area contributed by atoms with Gasteiger partial charge in [-0.2, -0.15) is 0 Å². The fourth-order valence-corrected chi connectivity index (χ4v) is 4.48. The summed E-state index contributed by atoms with van der Waals surface area (Å²) in [6.07, 6.45) is 6.72. The smallest absolute Gasteiger partial charge is 0.341 e. The zero-order chi connectivity index (χ0) is 21.7. The van der Waals surface area contributed by atoms with Gasteiger partial charge < -0.3 is 15.4 Å². The Morgan fingerprint density at radius 1 is 1.20 bits per heavy atom. The number of thiophene rings is 1. The second-order valence-corrected chi connectivity index (χ2v) is 8.89. The van der Waals surface area contributed by atoms with Crippen molar-refractivity contribution in [2.45, 2.75) is 52.5 Å². The fourth-order valence-electron chi connectivity index (χ4n) is 3.21. The van der Waals surface area contributed by atoms with E-state index >= 15 is 0 Å². The molecule has 2 aromatic rings. The number of carbonyl (C=O) groups is 3. The van der Waals surface area contributed by atoms with Crippen molar-refractivity contribution in [3.05, 3.63) is 46.1 Å². The number of esters is 1. The molecule has 7 nitrogen and oxygen atoms in total. The molecule has 1 aliphatic rings. The topological polar surface area (TPSA) is 97.4 Å². The van der Waals surface area contributed by atoms with Crippen LogP contribution in [0.15, 0.2) is 24.5 Å². The lowest BCUT2D eigenvalue weighted by Gasteiger charge is -2.17. The minimum atomic E-state index is -0.580. The van der Waals surface area contributed by atoms with E-state index in [4.69, 9.17) is 4.74 Å². The maximum Gasteiger partial charge on any atom is 0.341 e. The van der Waals surface area contributed by atoms with E-state index in [0.29, 0.717) is 16.1 Å². The maximum atomic E-state index is 12.9. The lowest BCUT2D eigenvalue weighted by molar-refractivity contribution is -0.125. The summed E-state index contributed by atoms with van der Waals surface area (Å²) in [6, 6.07) is 3.33. The average molecular weight is 430 g/mol. The quantitative estimate of drug-likeness (QED) is 0.656. The van der Waals surface area contributed by atoms with Gasteiger partial charge in [0.15, 0.2) is 6.61 Å². The number of anilines is 1. The van der Waals surface area contributed by atoms with Gasteiger partial charge in [0.2, 0.25) is 0 Å². The van der Waals surface area contributed by atoms with Gasteiger partial charge in [0, 0.05) is 23.3 Å². The van der Waals surface area contributed by atoms with Crippen LogP contribution in [-0.4, -0.2) is 35.4 Å². The predicted molar refractivity (Wildman–Crippen MR) is 116 cm³/mol. The van der Waals surface area contributed by atoms with Gasteiger partial charge >= 0.3 is 5.97 Å². The summed E-state index contributed by atoms with van der Waals surface area (Å²) in [5.74, 6) is -0.972. The van der Waals surface area contributed by atoms with Gasteiger partial charge in [0.25, 0.3) is 11.8 Å². The SMILES string of the molecule is CC(C)C(C)NC(=O)COC(=O)c1c(NC(=O)c2cccnc2)sc2c1CCCC2. The third kappa shape index (κ3) is 5.24. The Bertz CT molecular complexity index is 924. The van der Waals surface area contributed by atoms with Gasteiger partial charge in [-0.1, -0.05) is 13.8 Å². The Labute approximate surface area is 180 Å². The second kappa shape index (κ2) is 9.84. The standard InChI is InChI=1S/C22H27N3O4S/c1-13(2)14(3)24-18(26)12-29-22(28)19-16-8-4-5-9-17(16)30-21(19)25-20(27)15-7-6-10-23-11-15/h6-7,10-11,13-14H,4-5,8-9,12H2,1-3H3,(H,24,26)(H,25,27). The van der Waals surface area contributed by atoms with Crippen molar-refractivity contribution in [2.24, 2.45) is 5.92 Å². The number of aromatic nitrogens is 1. The zero-order valence-corrected chi connectivity index (χ0v) is 18.3. The Morgan fingerprint density at radius 3 is 2.67 bits per heavy atom. The first kappa shape index (κ1) is 22.0. The normalized spacial score (nSPS) is 14.0. The molecule has 0 spiro atoms. The van der Waals surface area contributed by atoms with E-state index in [0.717, 1.165) is 36.1 Å². The monoisotopic (exact) mass is 429 g/mol. The molecule has 0 bridgehead atoms. The summed E-state index contributed by atoms with van der Waals surface area (Å²) >= 11 is 1.41. The van der Waals surface area contributed by atoms with Crippen molar-refractivity contribution < 1.29 is 19.1 Å². The molecule has 0 aromatic carbocycles. The Hall–Kier alpha value is -2.74. The van der Waals surface area contributed by atoms with Crippen molar-refractivity contribution in [1.82, 2.24) is 10.3 Å². The summed E-state index contributed by atoms with van der Waals surface area (Å²) < 4.78 is 5.31. The highest BCUT2D eigenvalue weighted by atomic mass is 32.1. The number of hydrogen-bond donors (Lipinski definition) is 2. The number of rotatable bonds is 7. The maximum absolute atomic E-state index is 12.9. The summed E-state index contributed by atoms with van der Waals surface area (Å²) in [5, 5.41) is 6.13. The largest absolute Gasteiger partial charge is 0.452 e. The molecule has 1 atom stereocenters. The molecule has 0 saturated heterocycles. The first-order valence-corrected chi connectivity index (χ1v) is 11.0. The highest BCUT2D eigenvalue weighted by molar-refractivity contribution is 7.17. The van der Waals surface area contributed by atoms with Crippen LogP contribution in [0.4, 0.5) is 5.00 Å². The van der Waals surface area contributed by atoms with Gasteiger partial charge in [-0.05, 0) is 56.2 Å². The van der Waals surface area contributed by atoms with Gasteiger partial charge in [-0.25, -0.2) is 4.79 Å². The third-order valence-corrected chi connectivity index (χ3v) is 6.46. The molecule has 1 unspecified atom stereocenters. The summed E-state index contributed by atoms with van der Waals surface area (Å²) in [5.41, 5.74) is 1.70. The van der Waals surface area contributed by atoms with Gasteiger partial charge in [-0.15, -0.1) is 11.3 Å². The number of amides is 2. The minimum Gasteiger partial charge on any atom is -0.452 e. The summed E-state index contributed by atoms with van der Waals surface area (Å²) in [6.45, 7) is 5.57. The molecule has 2 amide bonds. The number of carbonyl (C=O) groups excluding carboxylic acids is 3. The number of aryl methyl sites for hydroxylation is 1. The number of nitrogens with zero attached hydrogens (tertiary/aromatic N) is 1. The lowest BCUT2D eigenvalue weighted by Crippen LogP contribution is -2.38.